The third-order valence-corrected chi connectivity index (χ3v) is 5.48. The van der Waals surface area contributed by atoms with Gasteiger partial charge in [-0.1, -0.05) is 18.2 Å². The van der Waals surface area contributed by atoms with Gasteiger partial charge in [0.25, 0.3) is 0 Å². The third-order valence-electron chi connectivity index (χ3n) is 4.53. The van der Waals surface area contributed by atoms with Crippen LogP contribution in [0, 0.1) is 0 Å². The largest absolute Gasteiger partial charge is 0.534 e. The maximum Gasteiger partial charge on any atom is 0.534 e. The molecule has 2 aromatic rings. The van der Waals surface area contributed by atoms with Crippen LogP contribution in [0.3, 0.4) is 0 Å². The highest BCUT2D eigenvalue weighted by molar-refractivity contribution is 7.88. The molecular weight excluding hydrogens is 439 g/mol. The monoisotopic (exact) mass is 461 g/mol. The van der Waals surface area contributed by atoms with E-state index in [1.165, 1.54) is 4.90 Å². The molecule has 3 rings (SSSR count). The van der Waals surface area contributed by atoms with Gasteiger partial charge in [0.1, 0.15) is 5.60 Å². The fourth-order valence-corrected chi connectivity index (χ4v) is 3.62. The van der Waals surface area contributed by atoms with Crippen molar-refractivity contribution < 1.29 is 35.3 Å². The SMILES string of the molecule is CC1c2nn(-c3ccccc3)c(OS(=O)(=O)C(F)(F)F)c2CCN1C(=O)OC(C)(C)C. The third kappa shape index (κ3) is 4.63. The second-order valence-electron chi connectivity index (χ2n) is 8.00. The molecule has 8 nitrogen and oxygen atoms in total. The lowest BCUT2D eigenvalue weighted by Crippen LogP contribution is -2.42. The highest BCUT2D eigenvalue weighted by atomic mass is 32.2. The Bertz CT molecular complexity index is 1080. The minimum absolute atomic E-state index is 0.0362. The van der Waals surface area contributed by atoms with E-state index < -0.39 is 39.2 Å². The summed E-state index contributed by atoms with van der Waals surface area (Å²) in [4.78, 5) is 13.9. The molecule has 170 valence electrons. The zero-order chi connectivity index (χ0) is 23.2. The van der Waals surface area contributed by atoms with Gasteiger partial charge in [-0.2, -0.15) is 31.4 Å². The number of hydrogen-bond donors (Lipinski definition) is 0. The molecule has 1 aliphatic heterocycles. The number of benzene rings is 1. The molecule has 1 amide bonds. The molecule has 0 aliphatic carbocycles. The number of amides is 1. The number of fused-ring (bicyclic) bond motifs is 1. The summed E-state index contributed by atoms with van der Waals surface area (Å²) < 4.78 is 73.3. The molecule has 0 saturated heterocycles. The first-order chi connectivity index (χ1) is 14.2. The van der Waals surface area contributed by atoms with Crippen molar-refractivity contribution >= 4 is 16.2 Å². The Labute approximate surface area is 177 Å². The second-order valence-corrected chi connectivity index (χ2v) is 9.54. The van der Waals surface area contributed by atoms with E-state index in [0.29, 0.717) is 5.69 Å². The van der Waals surface area contributed by atoms with Crippen LogP contribution >= 0.6 is 0 Å². The highest BCUT2D eigenvalue weighted by Crippen LogP contribution is 2.39. The molecule has 1 aliphatic rings. The number of ether oxygens (including phenoxy) is 1. The fourth-order valence-electron chi connectivity index (χ4n) is 3.15. The Morgan fingerprint density at radius 3 is 2.32 bits per heavy atom. The summed E-state index contributed by atoms with van der Waals surface area (Å²) in [6.45, 7) is 6.85. The van der Waals surface area contributed by atoms with Crippen LogP contribution in [0.4, 0.5) is 18.0 Å². The average Bonchev–Trinajstić information content (AvgIpc) is 2.99. The van der Waals surface area contributed by atoms with Crippen LogP contribution in [0.1, 0.15) is 45.0 Å². The first kappa shape index (κ1) is 22.9. The Morgan fingerprint density at radius 2 is 1.77 bits per heavy atom. The molecule has 1 aromatic carbocycles. The standard InChI is InChI=1S/C19H22F3N3O5S/c1-12-15-14(10-11-24(12)17(26)29-18(2,3)4)16(30-31(27,28)19(20,21)22)25(23-15)13-8-6-5-7-9-13/h5-9,12H,10-11H2,1-4H3. The van der Waals surface area contributed by atoms with E-state index >= 15 is 0 Å². The number of alkyl halides is 3. The molecule has 12 heteroatoms. The van der Waals surface area contributed by atoms with Crippen molar-refractivity contribution in [2.24, 2.45) is 0 Å². The topological polar surface area (TPSA) is 90.7 Å². The molecule has 0 saturated carbocycles. The lowest BCUT2D eigenvalue weighted by Gasteiger charge is -2.34. The molecular formula is C19H22F3N3O5S. The maximum absolute atomic E-state index is 13.0. The van der Waals surface area contributed by atoms with Crippen LogP contribution in [-0.2, 0) is 21.3 Å². The lowest BCUT2D eigenvalue weighted by molar-refractivity contribution is -0.0502. The van der Waals surface area contributed by atoms with E-state index in [9.17, 15) is 26.4 Å². The van der Waals surface area contributed by atoms with Gasteiger partial charge in [-0.25, -0.2) is 4.79 Å². The maximum atomic E-state index is 13.0. The normalized spacial score (nSPS) is 17.3. The van der Waals surface area contributed by atoms with Gasteiger partial charge in [0.2, 0.25) is 5.88 Å². The zero-order valence-electron chi connectivity index (χ0n) is 17.3. The molecule has 2 heterocycles. The predicted octanol–water partition coefficient (Wildman–Crippen LogP) is 3.95. The number of nitrogens with zero attached hydrogens (tertiary/aromatic N) is 3. The van der Waals surface area contributed by atoms with E-state index in [1.54, 1.807) is 58.0 Å². The van der Waals surface area contributed by atoms with E-state index in [4.69, 9.17) is 4.74 Å². The number of aromatic nitrogens is 2. The van der Waals surface area contributed by atoms with Gasteiger partial charge in [-0.05, 0) is 46.2 Å². The zero-order valence-corrected chi connectivity index (χ0v) is 18.1. The molecule has 31 heavy (non-hydrogen) atoms. The van der Waals surface area contributed by atoms with Gasteiger partial charge in [0.05, 0.1) is 17.4 Å². The van der Waals surface area contributed by atoms with Crippen LogP contribution in [0.2, 0.25) is 0 Å². The molecule has 0 bridgehead atoms. The van der Waals surface area contributed by atoms with Crippen molar-refractivity contribution in [1.29, 1.82) is 0 Å². The quantitative estimate of drug-likeness (QED) is 0.508. The molecule has 0 N–H and O–H groups in total. The summed E-state index contributed by atoms with van der Waals surface area (Å²) in [5.74, 6) is -0.547. The van der Waals surface area contributed by atoms with Crippen LogP contribution in [0.25, 0.3) is 5.69 Å². The fraction of sp³-hybridized carbons (Fsp3) is 0.474. The summed E-state index contributed by atoms with van der Waals surface area (Å²) in [5, 5.41) is 4.31. The van der Waals surface area contributed by atoms with E-state index in [1.807, 2.05) is 0 Å². The second kappa shape index (κ2) is 7.74. The summed E-state index contributed by atoms with van der Waals surface area (Å²) >= 11 is 0. The van der Waals surface area contributed by atoms with Gasteiger partial charge in [0.15, 0.2) is 0 Å². The smallest absolute Gasteiger partial charge is 0.444 e. The van der Waals surface area contributed by atoms with Gasteiger partial charge >= 0.3 is 21.7 Å². The van der Waals surface area contributed by atoms with Crippen molar-refractivity contribution in [3.63, 3.8) is 0 Å². The highest BCUT2D eigenvalue weighted by Gasteiger charge is 2.50. The Balaban J connectivity index is 2.08. The average molecular weight is 461 g/mol. The van der Waals surface area contributed by atoms with Crippen molar-refractivity contribution in [2.45, 2.75) is 51.3 Å². The first-order valence-electron chi connectivity index (χ1n) is 9.39. The minimum atomic E-state index is -5.92. The van der Waals surface area contributed by atoms with E-state index in [2.05, 4.69) is 9.28 Å². The summed E-state index contributed by atoms with van der Waals surface area (Å²) in [5.41, 5.74) is -5.62. The first-order valence-corrected chi connectivity index (χ1v) is 10.8. The Kier molecular flexibility index (Phi) is 5.72. The minimum Gasteiger partial charge on any atom is -0.444 e. The van der Waals surface area contributed by atoms with Gasteiger partial charge < -0.3 is 8.92 Å². The van der Waals surface area contributed by atoms with Crippen LogP contribution in [0.5, 0.6) is 5.88 Å². The van der Waals surface area contributed by atoms with E-state index in [0.717, 1.165) is 4.68 Å². The summed E-state index contributed by atoms with van der Waals surface area (Å²) in [7, 11) is -5.92. The summed E-state index contributed by atoms with van der Waals surface area (Å²) in [6, 6.07) is 7.33. The van der Waals surface area contributed by atoms with Gasteiger partial charge in [0, 0.05) is 12.1 Å². The molecule has 1 atom stereocenters. The van der Waals surface area contributed by atoms with Crippen molar-refractivity contribution in [3.05, 3.63) is 41.6 Å². The van der Waals surface area contributed by atoms with Crippen molar-refractivity contribution in [2.75, 3.05) is 6.54 Å². The molecule has 0 radical (unpaired) electrons. The van der Waals surface area contributed by atoms with Crippen molar-refractivity contribution in [1.82, 2.24) is 14.7 Å². The number of para-hydroxylation sites is 1. The van der Waals surface area contributed by atoms with E-state index in [-0.39, 0.29) is 24.2 Å². The van der Waals surface area contributed by atoms with Crippen LogP contribution < -0.4 is 4.18 Å². The molecule has 0 spiro atoms. The Hall–Kier alpha value is -2.76. The molecule has 0 fully saturated rings. The molecule has 1 unspecified atom stereocenters. The number of rotatable bonds is 3. The van der Waals surface area contributed by atoms with Gasteiger partial charge in [-0.3, -0.25) is 4.90 Å². The van der Waals surface area contributed by atoms with Gasteiger partial charge in [-0.15, -0.1) is 0 Å². The number of hydrogen-bond acceptors (Lipinski definition) is 6. The molecule has 1 aromatic heterocycles. The Morgan fingerprint density at radius 1 is 1.16 bits per heavy atom. The van der Waals surface area contributed by atoms with Crippen molar-refractivity contribution in [3.8, 4) is 11.6 Å². The number of carbonyl (C=O) groups is 1. The lowest BCUT2D eigenvalue weighted by atomic mass is 10.0. The number of halogens is 3. The predicted molar refractivity (Wildman–Crippen MR) is 104 cm³/mol. The van der Waals surface area contributed by atoms with Crippen LogP contribution in [-0.4, -0.2) is 46.8 Å². The van der Waals surface area contributed by atoms with Crippen LogP contribution in [0.15, 0.2) is 30.3 Å². The number of carbonyl (C=O) groups excluding carboxylic acids is 1. The summed E-state index contributed by atoms with van der Waals surface area (Å²) in [6.07, 6.45) is -0.570.